The average Bonchev–Trinajstić information content (AvgIpc) is 2.72. The predicted octanol–water partition coefficient (Wildman–Crippen LogP) is 3.18. The van der Waals surface area contributed by atoms with E-state index in [1.807, 2.05) is 72.8 Å². The molecule has 0 saturated carbocycles. The average molecular weight is 361 g/mol. The number of rotatable bonds is 8. The van der Waals surface area contributed by atoms with Crippen LogP contribution < -0.4 is 15.4 Å². The van der Waals surface area contributed by atoms with Crippen LogP contribution in [0.5, 0.6) is 5.75 Å². The summed E-state index contributed by atoms with van der Waals surface area (Å²) in [5.41, 5.74) is 3.00. The lowest BCUT2D eigenvalue weighted by Crippen LogP contribution is -2.87. The van der Waals surface area contributed by atoms with Crippen LogP contribution in [-0.4, -0.2) is 19.6 Å². The Balaban J connectivity index is 1.70. The van der Waals surface area contributed by atoms with E-state index >= 15 is 0 Å². The lowest BCUT2D eigenvalue weighted by atomic mass is 10.1. The minimum absolute atomic E-state index is 0.0393. The lowest BCUT2D eigenvalue weighted by Gasteiger charge is -2.16. The molecule has 138 valence electrons. The Morgan fingerprint density at radius 2 is 1.67 bits per heavy atom. The summed E-state index contributed by atoms with van der Waals surface area (Å²) in [5.74, 6) is 0.680. The fourth-order valence-electron chi connectivity index (χ4n) is 3.04. The number of quaternary nitrogens is 1. The van der Waals surface area contributed by atoms with Gasteiger partial charge >= 0.3 is 0 Å². The van der Waals surface area contributed by atoms with Gasteiger partial charge in [0, 0.05) is 23.7 Å². The first-order valence-corrected chi connectivity index (χ1v) is 9.13. The normalized spacial score (nSPS) is 11.6. The molecule has 0 fully saturated rings. The molecule has 0 aliphatic heterocycles. The number of amides is 1. The second-order valence-electron chi connectivity index (χ2n) is 6.37. The molecule has 4 heteroatoms. The maximum atomic E-state index is 13.0. The summed E-state index contributed by atoms with van der Waals surface area (Å²) < 4.78 is 5.24. The molecule has 3 aromatic rings. The maximum Gasteiger partial charge on any atom is 0.287 e. The fraction of sp³-hybridized carbons (Fsp3) is 0.174. The second-order valence-corrected chi connectivity index (χ2v) is 6.37. The molecule has 0 aliphatic rings. The van der Waals surface area contributed by atoms with E-state index < -0.39 is 0 Å². The van der Waals surface area contributed by atoms with Crippen LogP contribution in [0.2, 0.25) is 0 Å². The molecule has 0 saturated heterocycles. The van der Waals surface area contributed by atoms with Gasteiger partial charge in [0.15, 0.2) is 6.04 Å². The van der Waals surface area contributed by atoms with E-state index in [1.54, 1.807) is 7.11 Å². The maximum absolute atomic E-state index is 13.0. The third-order valence-electron chi connectivity index (χ3n) is 4.46. The number of hydrogen-bond acceptors (Lipinski definition) is 2. The van der Waals surface area contributed by atoms with Crippen LogP contribution in [0.25, 0.3) is 0 Å². The van der Waals surface area contributed by atoms with Gasteiger partial charge in [-0.1, -0.05) is 66.7 Å². The van der Waals surface area contributed by atoms with Crippen LogP contribution in [0.4, 0.5) is 5.69 Å². The fourth-order valence-corrected chi connectivity index (χ4v) is 3.04. The molecule has 0 aromatic heterocycles. The Morgan fingerprint density at radius 1 is 0.963 bits per heavy atom. The van der Waals surface area contributed by atoms with Gasteiger partial charge in [0.25, 0.3) is 5.91 Å². The molecule has 0 radical (unpaired) electrons. The van der Waals surface area contributed by atoms with Crippen molar-refractivity contribution in [1.29, 1.82) is 0 Å². The third kappa shape index (κ3) is 5.43. The molecule has 1 amide bonds. The van der Waals surface area contributed by atoms with Crippen LogP contribution in [0, 0.1) is 0 Å². The van der Waals surface area contributed by atoms with Gasteiger partial charge < -0.3 is 15.4 Å². The van der Waals surface area contributed by atoms with E-state index in [1.165, 1.54) is 5.56 Å². The Morgan fingerprint density at radius 3 is 2.37 bits per heavy atom. The molecule has 4 nitrogen and oxygen atoms in total. The monoisotopic (exact) mass is 361 g/mol. The van der Waals surface area contributed by atoms with Gasteiger partial charge in [-0.05, 0) is 17.7 Å². The van der Waals surface area contributed by atoms with E-state index in [0.29, 0.717) is 0 Å². The van der Waals surface area contributed by atoms with Gasteiger partial charge in [0.05, 0.1) is 13.7 Å². The standard InChI is InChI=1S/C23H24N2O2/c1-27-21-14-8-13-20(17-21)25-23(26)22(19-11-6-3-7-12-19)24-16-15-18-9-4-2-5-10-18/h2-14,17,22,24H,15-16H2,1H3,(H,25,26)/p+1/t22-/m0/s1. The molecule has 3 rings (SSSR count). The molecule has 27 heavy (non-hydrogen) atoms. The highest BCUT2D eigenvalue weighted by molar-refractivity contribution is 5.94. The van der Waals surface area contributed by atoms with E-state index in [0.717, 1.165) is 30.0 Å². The van der Waals surface area contributed by atoms with Crippen molar-refractivity contribution < 1.29 is 14.8 Å². The number of methoxy groups -OCH3 is 1. The van der Waals surface area contributed by atoms with E-state index in [9.17, 15) is 4.79 Å². The molecule has 3 aromatic carbocycles. The highest BCUT2D eigenvalue weighted by Crippen LogP contribution is 2.18. The number of anilines is 1. The molecule has 1 atom stereocenters. The molecular weight excluding hydrogens is 336 g/mol. The Kier molecular flexibility index (Phi) is 6.61. The van der Waals surface area contributed by atoms with Gasteiger partial charge in [-0.15, -0.1) is 0 Å². The minimum Gasteiger partial charge on any atom is -0.497 e. The topological polar surface area (TPSA) is 54.9 Å². The number of carbonyl (C=O) groups excluding carboxylic acids is 1. The van der Waals surface area contributed by atoms with Crippen LogP contribution in [0.1, 0.15) is 17.2 Å². The van der Waals surface area contributed by atoms with Crippen molar-refractivity contribution in [3.05, 3.63) is 96.1 Å². The summed E-state index contributed by atoms with van der Waals surface area (Å²) in [6.45, 7) is 0.828. The molecule has 0 spiro atoms. The molecule has 0 unspecified atom stereocenters. The summed E-state index contributed by atoms with van der Waals surface area (Å²) in [7, 11) is 1.62. The highest BCUT2D eigenvalue weighted by Gasteiger charge is 2.24. The van der Waals surface area contributed by atoms with E-state index in [4.69, 9.17) is 4.74 Å². The van der Waals surface area contributed by atoms with Crippen LogP contribution in [0.15, 0.2) is 84.9 Å². The minimum atomic E-state index is -0.305. The Bertz CT molecular complexity index is 851. The second kappa shape index (κ2) is 9.55. The van der Waals surface area contributed by atoms with Gasteiger partial charge in [-0.3, -0.25) is 4.79 Å². The van der Waals surface area contributed by atoms with Crippen molar-refractivity contribution >= 4 is 11.6 Å². The quantitative estimate of drug-likeness (QED) is 0.647. The zero-order valence-corrected chi connectivity index (χ0v) is 15.5. The van der Waals surface area contributed by atoms with Crippen molar-refractivity contribution in [3.8, 4) is 5.75 Å². The molecular formula is C23H25N2O2+. The first-order valence-electron chi connectivity index (χ1n) is 9.13. The summed E-state index contributed by atoms with van der Waals surface area (Å²) in [6.07, 6.45) is 0.913. The van der Waals surface area contributed by atoms with E-state index in [-0.39, 0.29) is 11.9 Å². The lowest BCUT2D eigenvalue weighted by molar-refractivity contribution is -0.682. The van der Waals surface area contributed by atoms with Crippen LogP contribution >= 0.6 is 0 Å². The van der Waals surface area contributed by atoms with Gasteiger partial charge in [-0.25, -0.2) is 0 Å². The SMILES string of the molecule is COc1cccc(NC(=O)[C@@H]([NH2+]CCc2ccccc2)c2ccccc2)c1. The Hall–Kier alpha value is -3.11. The summed E-state index contributed by atoms with van der Waals surface area (Å²) in [5, 5.41) is 5.11. The molecule has 0 heterocycles. The van der Waals surface area contributed by atoms with Crippen molar-refractivity contribution in [2.45, 2.75) is 12.5 Å². The summed E-state index contributed by atoms with van der Waals surface area (Å²) in [6, 6.07) is 27.3. The number of hydrogen-bond donors (Lipinski definition) is 2. The number of benzene rings is 3. The van der Waals surface area contributed by atoms with Crippen molar-refractivity contribution in [2.75, 3.05) is 19.0 Å². The first kappa shape index (κ1) is 18.7. The smallest absolute Gasteiger partial charge is 0.287 e. The number of nitrogens with one attached hydrogen (secondary N) is 1. The summed E-state index contributed by atoms with van der Waals surface area (Å²) >= 11 is 0. The zero-order chi connectivity index (χ0) is 18.9. The molecule has 3 N–H and O–H groups in total. The Labute approximate surface area is 160 Å². The van der Waals surface area contributed by atoms with Crippen LogP contribution in [-0.2, 0) is 11.2 Å². The van der Waals surface area contributed by atoms with E-state index in [2.05, 4.69) is 22.8 Å². The third-order valence-corrected chi connectivity index (χ3v) is 4.46. The largest absolute Gasteiger partial charge is 0.497 e. The van der Waals surface area contributed by atoms with Gasteiger partial charge in [0.1, 0.15) is 5.75 Å². The van der Waals surface area contributed by atoms with Crippen molar-refractivity contribution in [1.82, 2.24) is 0 Å². The molecule has 0 aliphatic carbocycles. The molecule has 0 bridgehead atoms. The number of carbonyl (C=O) groups is 1. The van der Waals surface area contributed by atoms with Crippen LogP contribution in [0.3, 0.4) is 0 Å². The summed E-state index contributed by atoms with van der Waals surface area (Å²) in [4.78, 5) is 13.0. The zero-order valence-electron chi connectivity index (χ0n) is 15.5. The van der Waals surface area contributed by atoms with Crippen molar-refractivity contribution in [3.63, 3.8) is 0 Å². The van der Waals surface area contributed by atoms with Crippen molar-refractivity contribution in [2.24, 2.45) is 0 Å². The van der Waals surface area contributed by atoms with Gasteiger partial charge in [0.2, 0.25) is 0 Å². The van der Waals surface area contributed by atoms with Gasteiger partial charge in [-0.2, -0.15) is 0 Å². The number of nitrogens with two attached hydrogens (primary N) is 1. The highest BCUT2D eigenvalue weighted by atomic mass is 16.5. The number of ether oxygens (including phenoxy) is 1. The predicted molar refractivity (Wildman–Crippen MR) is 108 cm³/mol. The first-order chi connectivity index (χ1) is 13.3.